The van der Waals surface area contributed by atoms with E-state index >= 15 is 0 Å². The molecule has 3 aromatic rings. The number of rotatable bonds is 4. The topological polar surface area (TPSA) is 53.0 Å². The fourth-order valence-electron chi connectivity index (χ4n) is 3.31. The van der Waals surface area contributed by atoms with Crippen molar-refractivity contribution < 1.29 is 0 Å². The number of benzene rings is 1. The summed E-state index contributed by atoms with van der Waals surface area (Å²) in [4.78, 5) is 9.16. The molecule has 120 valence electrons. The second-order valence-electron chi connectivity index (χ2n) is 6.30. The fraction of sp³-hybridized carbons (Fsp3) is 0.412. The fourth-order valence-corrected chi connectivity index (χ4v) is 3.31. The molecule has 1 N–H and O–H groups in total. The number of piperazine rings is 1. The van der Waals surface area contributed by atoms with E-state index in [1.165, 1.54) is 16.5 Å². The smallest absolute Gasteiger partial charge is 0.138 e. The zero-order valence-corrected chi connectivity index (χ0v) is 13.4. The summed E-state index contributed by atoms with van der Waals surface area (Å²) in [6, 6.07) is 8.98. The minimum Gasteiger partial charge on any atom is -0.351 e. The van der Waals surface area contributed by atoms with Gasteiger partial charge in [-0.3, -0.25) is 14.9 Å². The number of H-pyrrole nitrogens is 1. The first-order chi connectivity index (χ1) is 11.3. The van der Waals surface area contributed by atoms with Crippen LogP contribution >= 0.6 is 0 Å². The number of aromatic amines is 1. The highest BCUT2D eigenvalue weighted by Crippen LogP contribution is 2.18. The van der Waals surface area contributed by atoms with Crippen LogP contribution in [-0.2, 0) is 20.1 Å². The van der Waals surface area contributed by atoms with Crippen LogP contribution in [0.25, 0.3) is 10.9 Å². The van der Waals surface area contributed by atoms with E-state index in [4.69, 9.17) is 0 Å². The van der Waals surface area contributed by atoms with Gasteiger partial charge in [0.2, 0.25) is 0 Å². The molecule has 3 heterocycles. The molecule has 0 atom stereocenters. The standard InChI is InChI=1S/C17H22N6/c1-21-5-4-15-10-14(2-3-16(15)21)11-22-6-8-23(9-7-22)12-17-18-13-19-20-17/h2-5,10,13H,6-9,11-12H2,1H3,(H,18,19,20). The van der Waals surface area contributed by atoms with Crippen LogP contribution in [0.5, 0.6) is 0 Å². The highest BCUT2D eigenvalue weighted by Gasteiger charge is 2.18. The lowest BCUT2D eigenvalue weighted by atomic mass is 10.1. The summed E-state index contributed by atoms with van der Waals surface area (Å²) in [6.45, 7) is 6.25. The first-order valence-corrected chi connectivity index (χ1v) is 8.11. The van der Waals surface area contributed by atoms with Crippen molar-refractivity contribution in [3.8, 4) is 0 Å². The number of aryl methyl sites for hydroxylation is 1. The van der Waals surface area contributed by atoms with Gasteiger partial charge in [0.25, 0.3) is 0 Å². The lowest BCUT2D eigenvalue weighted by Gasteiger charge is -2.34. The summed E-state index contributed by atoms with van der Waals surface area (Å²) in [5.41, 5.74) is 2.69. The molecular weight excluding hydrogens is 288 g/mol. The van der Waals surface area contributed by atoms with Crippen molar-refractivity contribution in [2.75, 3.05) is 26.2 Å². The Morgan fingerprint density at radius 1 is 1.04 bits per heavy atom. The first-order valence-electron chi connectivity index (χ1n) is 8.11. The van der Waals surface area contributed by atoms with Gasteiger partial charge in [0.05, 0.1) is 6.54 Å². The van der Waals surface area contributed by atoms with E-state index in [0.29, 0.717) is 0 Å². The highest BCUT2D eigenvalue weighted by atomic mass is 15.3. The Morgan fingerprint density at radius 3 is 2.57 bits per heavy atom. The Morgan fingerprint density at radius 2 is 1.83 bits per heavy atom. The molecule has 0 bridgehead atoms. The maximum Gasteiger partial charge on any atom is 0.138 e. The van der Waals surface area contributed by atoms with Gasteiger partial charge in [0, 0.05) is 51.5 Å². The summed E-state index contributed by atoms with van der Waals surface area (Å²) < 4.78 is 2.17. The van der Waals surface area contributed by atoms with E-state index in [1.54, 1.807) is 6.33 Å². The highest BCUT2D eigenvalue weighted by molar-refractivity contribution is 5.80. The van der Waals surface area contributed by atoms with E-state index in [2.05, 4.69) is 67.1 Å². The van der Waals surface area contributed by atoms with Crippen LogP contribution in [0.4, 0.5) is 0 Å². The van der Waals surface area contributed by atoms with Gasteiger partial charge in [-0.25, -0.2) is 4.98 Å². The SMILES string of the molecule is Cn1ccc2cc(CN3CCN(Cc4ncn[nH]4)CC3)ccc21. The number of nitrogens with one attached hydrogen (secondary N) is 1. The summed E-state index contributed by atoms with van der Waals surface area (Å²) in [6.07, 6.45) is 3.70. The maximum atomic E-state index is 4.20. The zero-order chi connectivity index (χ0) is 15.6. The van der Waals surface area contributed by atoms with Crippen LogP contribution in [0.3, 0.4) is 0 Å². The van der Waals surface area contributed by atoms with Crippen molar-refractivity contribution in [3.05, 3.63) is 48.2 Å². The number of fused-ring (bicyclic) bond motifs is 1. The van der Waals surface area contributed by atoms with Gasteiger partial charge in [0.1, 0.15) is 12.2 Å². The Hall–Kier alpha value is -2.18. The monoisotopic (exact) mass is 310 g/mol. The van der Waals surface area contributed by atoms with Crippen molar-refractivity contribution in [3.63, 3.8) is 0 Å². The summed E-state index contributed by atoms with van der Waals surface area (Å²) in [5, 5.41) is 8.17. The lowest BCUT2D eigenvalue weighted by Crippen LogP contribution is -2.45. The largest absolute Gasteiger partial charge is 0.351 e. The van der Waals surface area contributed by atoms with Crippen LogP contribution in [0.15, 0.2) is 36.8 Å². The Kier molecular flexibility index (Phi) is 3.85. The van der Waals surface area contributed by atoms with Gasteiger partial charge < -0.3 is 4.57 Å². The van der Waals surface area contributed by atoms with Gasteiger partial charge in [-0.05, 0) is 29.1 Å². The second-order valence-corrected chi connectivity index (χ2v) is 6.30. The lowest BCUT2D eigenvalue weighted by molar-refractivity contribution is 0.120. The van der Waals surface area contributed by atoms with Crippen LogP contribution in [0.2, 0.25) is 0 Å². The molecule has 1 aromatic carbocycles. The Balaban J connectivity index is 1.34. The molecule has 6 nitrogen and oxygen atoms in total. The molecule has 0 radical (unpaired) electrons. The van der Waals surface area contributed by atoms with E-state index in [0.717, 1.165) is 45.1 Å². The van der Waals surface area contributed by atoms with Gasteiger partial charge in [0.15, 0.2) is 0 Å². The molecule has 0 amide bonds. The maximum absolute atomic E-state index is 4.20. The van der Waals surface area contributed by atoms with Gasteiger partial charge in [-0.2, -0.15) is 5.10 Å². The predicted octanol–water partition coefficient (Wildman–Crippen LogP) is 1.61. The molecular formula is C17H22N6. The Labute approximate surface area is 135 Å². The molecule has 1 aliphatic heterocycles. The van der Waals surface area contributed by atoms with Crippen molar-refractivity contribution in [2.45, 2.75) is 13.1 Å². The van der Waals surface area contributed by atoms with Crippen molar-refractivity contribution in [1.82, 2.24) is 29.5 Å². The third kappa shape index (κ3) is 3.13. The molecule has 1 saturated heterocycles. The van der Waals surface area contributed by atoms with Gasteiger partial charge in [-0.15, -0.1) is 0 Å². The number of nitrogens with zero attached hydrogens (tertiary/aromatic N) is 5. The second kappa shape index (κ2) is 6.14. The summed E-state index contributed by atoms with van der Waals surface area (Å²) in [7, 11) is 2.09. The Bertz CT molecular complexity index is 768. The van der Waals surface area contributed by atoms with E-state index < -0.39 is 0 Å². The summed E-state index contributed by atoms with van der Waals surface area (Å²) in [5.74, 6) is 0.952. The average molecular weight is 310 g/mol. The molecule has 0 saturated carbocycles. The van der Waals surface area contributed by atoms with Crippen molar-refractivity contribution in [2.24, 2.45) is 7.05 Å². The van der Waals surface area contributed by atoms with Crippen LogP contribution in [0, 0.1) is 0 Å². The van der Waals surface area contributed by atoms with E-state index in [-0.39, 0.29) is 0 Å². The minimum absolute atomic E-state index is 0.865. The average Bonchev–Trinajstić information content (AvgIpc) is 3.20. The minimum atomic E-state index is 0.865. The number of hydrogen-bond acceptors (Lipinski definition) is 4. The molecule has 6 heteroatoms. The van der Waals surface area contributed by atoms with Crippen molar-refractivity contribution >= 4 is 10.9 Å². The van der Waals surface area contributed by atoms with Crippen LogP contribution < -0.4 is 0 Å². The van der Waals surface area contributed by atoms with Crippen molar-refractivity contribution in [1.29, 1.82) is 0 Å². The zero-order valence-electron chi connectivity index (χ0n) is 13.4. The molecule has 1 aliphatic rings. The molecule has 0 spiro atoms. The summed E-state index contributed by atoms with van der Waals surface area (Å²) >= 11 is 0. The molecule has 0 aliphatic carbocycles. The third-order valence-corrected chi connectivity index (χ3v) is 4.66. The number of aromatic nitrogens is 4. The van der Waals surface area contributed by atoms with Crippen LogP contribution in [-0.4, -0.2) is 55.7 Å². The van der Waals surface area contributed by atoms with Crippen LogP contribution in [0.1, 0.15) is 11.4 Å². The molecule has 23 heavy (non-hydrogen) atoms. The molecule has 1 fully saturated rings. The normalized spacial score (nSPS) is 17.1. The number of hydrogen-bond donors (Lipinski definition) is 1. The molecule has 2 aromatic heterocycles. The van der Waals surface area contributed by atoms with E-state index in [1.807, 2.05) is 0 Å². The quantitative estimate of drug-likeness (QED) is 0.795. The van der Waals surface area contributed by atoms with Gasteiger partial charge >= 0.3 is 0 Å². The molecule has 0 unspecified atom stereocenters. The third-order valence-electron chi connectivity index (χ3n) is 4.66. The molecule has 4 rings (SSSR count). The van der Waals surface area contributed by atoms with E-state index in [9.17, 15) is 0 Å². The first kappa shape index (κ1) is 14.4. The predicted molar refractivity (Wildman–Crippen MR) is 89.9 cm³/mol. The van der Waals surface area contributed by atoms with Gasteiger partial charge in [-0.1, -0.05) is 6.07 Å².